The lowest BCUT2D eigenvalue weighted by Crippen LogP contribution is -2.33. The van der Waals surface area contributed by atoms with Crippen molar-refractivity contribution in [2.45, 2.75) is 46.3 Å². The van der Waals surface area contributed by atoms with Crippen LogP contribution in [0.5, 0.6) is 5.88 Å². The van der Waals surface area contributed by atoms with Gasteiger partial charge in [-0.05, 0) is 58.9 Å². The van der Waals surface area contributed by atoms with Crippen molar-refractivity contribution in [2.75, 3.05) is 18.5 Å². The molecule has 4 rings (SSSR count). The van der Waals surface area contributed by atoms with Gasteiger partial charge in [0.1, 0.15) is 16.7 Å². The number of alkyl halides is 1. The molecule has 1 aliphatic rings. The Bertz CT molecular complexity index is 1180. The Kier molecular flexibility index (Phi) is 6.00. The number of pyridine rings is 2. The summed E-state index contributed by atoms with van der Waals surface area (Å²) in [5.74, 6) is 0.256. The number of fused-ring (bicyclic) bond motifs is 1. The molecule has 6 nitrogen and oxygen atoms in total. The van der Waals surface area contributed by atoms with Crippen LogP contribution >= 0.6 is 0 Å². The van der Waals surface area contributed by atoms with Crippen molar-refractivity contribution in [3.8, 4) is 17.1 Å². The maximum Gasteiger partial charge on any atom is 0.222 e. The second-order valence-corrected chi connectivity index (χ2v) is 8.55. The topological polar surface area (TPSA) is 64.9 Å². The summed E-state index contributed by atoms with van der Waals surface area (Å²) in [6.45, 7) is 10.6. The van der Waals surface area contributed by atoms with E-state index in [1.807, 2.05) is 48.9 Å². The fourth-order valence-corrected chi connectivity index (χ4v) is 4.01. The lowest BCUT2D eigenvalue weighted by Gasteiger charge is -2.28. The maximum absolute atomic E-state index is 15.0. The summed E-state index contributed by atoms with van der Waals surface area (Å²) in [6.07, 6.45) is 8.88. The minimum Gasteiger partial charge on any atom is -0.477 e. The molecule has 3 heterocycles. The number of anilines is 1. The van der Waals surface area contributed by atoms with Gasteiger partial charge in [0.2, 0.25) is 5.88 Å². The third-order valence-electron chi connectivity index (χ3n) is 5.75. The molecule has 32 heavy (non-hydrogen) atoms. The Morgan fingerprint density at radius 3 is 2.84 bits per heavy atom. The molecular weight excluding hydrogens is 405 g/mol. The molecule has 0 bridgehead atoms. The van der Waals surface area contributed by atoms with Gasteiger partial charge in [0.05, 0.1) is 29.2 Å². The number of halogens is 1. The lowest BCUT2D eigenvalue weighted by molar-refractivity contribution is 0.195. The van der Waals surface area contributed by atoms with Crippen LogP contribution in [0.15, 0.2) is 48.7 Å². The first-order chi connectivity index (χ1) is 15.3. The molecule has 0 aliphatic heterocycles. The zero-order valence-electron chi connectivity index (χ0n) is 19.3. The fourth-order valence-electron chi connectivity index (χ4n) is 4.01. The van der Waals surface area contributed by atoms with Crippen LogP contribution in [0.25, 0.3) is 22.3 Å². The van der Waals surface area contributed by atoms with Crippen LogP contribution in [0.4, 0.5) is 10.1 Å². The summed E-state index contributed by atoms with van der Waals surface area (Å²) in [5.41, 5.74) is 3.58. The van der Waals surface area contributed by atoms with Gasteiger partial charge in [-0.2, -0.15) is 5.10 Å². The van der Waals surface area contributed by atoms with Crippen LogP contribution in [0.3, 0.4) is 0 Å². The first kappa shape index (κ1) is 22.0. The largest absolute Gasteiger partial charge is 0.477 e. The molecule has 2 unspecified atom stereocenters. The van der Waals surface area contributed by atoms with Gasteiger partial charge in [0.25, 0.3) is 0 Å². The molecule has 0 spiro atoms. The van der Waals surface area contributed by atoms with Crippen molar-refractivity contribution in [3.05, 3.63) is 54.4 Å². The molecule has 0 radical (unpaired) electrons. The molecule has 0 aromatic carbocycles. The van der Waals surface area contributed by atoms with Crippen molar-refractivity contribution in [3.63, 3.8) is 0 Å². The highest BCUT2D eigenvalue weighted by molar-refractivity contribution is 5.93. The average Bonchev–Trinajstić information content (AvgIpc) is 3.10. The molecule has 7 heteroatoms. The quantitative estimate of drug-likeness (QED) is 0.518. The van der Waals surface area contributed by atoms with Crippen LogP contribution in [0, 0.1) is 12.8 Å². The van der Waals surface area contributed by atoms with Crippen molar-refractivity contribution in [1.29, 1.82) is 0 Å². The predicted octanol–water partition coefficient (Wildman–Crippen LogP) is 5.66. The second-order valence-electron chi connectivity index (χ2n) is 8.55. The third kappa shape index (κ3) is 4.11. The van der Waals surface area contributed by atoms with E-state index in [0.29, 0.717) is 19.0 Å². The van der Waals surface area contributed by atoms with Crippen LogP contribution in [-0.4, -0.2) is 38.6 Å². The number of nitrogens with one attached hydrogen (secondary N) is 1. The van der Waals surface area contributed by atoms with E-state index in [-0.39, 0.29) is 12.0 Å². The van der Waals surface area contributed by atoms with Crippen molar-refractivity contribution in [1.82, 2.24) is 19.7 Å². The third-order valence-corrected chi connectivity index (χ3v) is 5.75. The number of aryl methyl sites for hydroxylation is 1. The Morgan fingerprint density at radius 2 is 2.12 bits per heavy atom. The van der Waals surface area contributed by atoms with Gasteiger partial charge in [-0.25, -0.2) is 14.4 Å². The molecule has 3 aromatic rings. The van der Waals surface area contributed by atoms with Crippen LogP contribution in [0.2, 0.25) is 0 Å². The molecule has 1 N–H and O–H groups in total. The second kappa shape index (κ2) is 8.73. The SMILES string of the molecule is CCOc1ncccc1-c1cc(NCC2C=CC=CC2(C)F)c2c(n1)c(C)nn2C(C)C. The van der Waals surface area contributed by atoms with Gasteiger partial charge < -0.3 is 10.1 Å². The summed E-state index contributed by atoms with van der Waals surface area (Å²) in [7, 11) is 0. The van der Waals surface area contributed by atoms with Gasteiger partial charge in [-0.3, -0.25) is 4.68 Å². The first-order valence-electron chi connectivity index (χ1n) is 11.1. The van der Waals surface area contributed by atoms with E-state index in [1.54, 1.807) is 25.3 Å². The van der Waals surface area contributed by atoms with Crippen molar-refractivity contribution in [2.24, 2.45) is 5.92 Å². The normalized spacial score (nSPS) is 20.3. The van der Waals surface area contributed by atoms with Crippen LogP contribution in [-0.2, 0) is 0 Å². The summed E-state index contributed by atoms with van der Waals surface area (Å²) in [4.78, 5) is 9.31. The zero-order valence-corrected chi connectivity index (χ0v) is 19.3. The van der Waals surface area contributed by atoms with E-state index in [9.17, 15) is 0 Å². The molecule has 168 valence electrons. The lowest BCUT2D eigenvalue weighted by atomic mass is 9.87. The van der Waals surface area contributed by atoms with E-state index in [1.165, 1.54) is 0 Å². The summed E-state index contributed by atoms with van der Waals surface area (Å²) < 4.78 is 22.7. The van der Waals surface area contributed by atoms with E-state index in [2.05, 4.69) is 24.1 Å². The summed E-state index contributed by atoms with van der Waals surface area (Å²) >= 11 is 0. The number of allylic oxidation sites excluding steroid dienone is 3. The van der Waals surface area contributed by atoms with Crippen LogP contribution < -0.4 is 10.1 Å². The van der Waals surface area contributed by atoms with E-state index >= 15 is 4.39 Å². The Balaban J connectivity index is 1.82. The Labute approximate surface area is 188 Å². The molecule has 2 atom stereocenters. The van der Waals surface area contributed by atoms with Gasteiger partial charge in [0.15, 0.2) is 0 Å². The maximum atomic E-state index is 15.0. The molecule has 0 saturated carbocycles. The molecule has 0 amide bonds. The van der Waals surface area contributed by atoms with Crippen molar-refractivity contribution >= 4 is 16.7 Å². The standard InChI is InChI=1S/C25H30FN5O/c1-6-32-24-19(11-9-13-27-24)20-14-21(28-15-18-10-7-8-12-25(18,5)26)23-22(29-20)17(4)30-31(23)16(2)3/h7-14,16,18H,6,15H2,1-5H3,(H,28,29). The molecule has 1 aliphatic carbocycles. The highest BCUT2D eigenvalue weighted by atomic mass is 19.1. The van der Waals surface area contributed by atoms with E-state index in [4.69, 9.17) is 14.8 Å². The number of hydrogen-bond donors (Lipinski definition) is 1. The number of ether oxygens (including phenoxy) is 1. The number of rotatable bonds is 7. The van der Waals surface area contributed by atoms with Gasteiger partial charge in [-0.1, -0.05) is 18.2 Å². The van der Waals surface area contributed by atoms with Gasteiger partial charge >= 0.3 is 0 Å². The molecule has 0 fully saturated rings. The number of hydrogen-bond acceptors (Lipinski definition) is 5. The van der Waals surface area contributed by atoms with Crippen LogP contribution in [0.1, 0.15) is 39.4 Å². The van der Waals surface area contributed by atoms with Gasteiger partial charge in [0, 0.05) is 24.7 Å². The summed E-state index contributed by atoms with van der Waals surface area (Å²) in [5, 5.41) is 8.23. The number of nitrogens with zero attached hydrogens (tertiary/aromatic N) is 4. The van der Waals surface area contributed by atoms with Crippen molar-refractivity contribution < 1.29 is 9.13 Å². The molecule has 3 aromatic heterocycles. The highest BCUT2D eigenvalue weighted by Crippen LogP contribution is 2.35. The first-order valence-corrected chi connectivity index (χ1v) is 11.1. The van der Waals surface area contributed by atoms with E-state index < -0.39 is 5.67 Å². The Hall–Kier alpha value is -3.22. The highest BCUT2D eigenvalue weighted by Gasteiger charge is 2.31. The van der Waals surface area contributed by atoms with Gasteiger partial charge in [-0.15, -0.1) is 0 Å². The Morgan fingerprint density at radius 1 is 1.31 bits per heavy atom. The molecular formula is C25H30FN5O. The molecule has 0 saturated heterocycles. The minimum absolute atomic E-state index is 0.153. The monoisotopic (exact) mass is 435 g/mol. The number of aromatic nitrogens is 4. The minimum atomic E-state index is -1.41. The van der Waals surface area contributed by atoms with E-state index in [0.717, 1.165) is 33.7 Å². The smallest absolute Gasteiger partial charge is 0.222 e. The summed E-state index contributed by atoms with van der Waals surface area (Å²) in [6, 6.07) is 5.96. The fraction of sp³-hybridized carbons (Fsp3) is 0.400. The zero-order chi connectivity index (χ0) is 22.9. The average molecular weight is 436 g/mol. The predicted molar refractivity (Wildman–Crippen MR) is 127 cm³/mol.